The van der Waals surface area contributed by atoms with Crippen molar-refractivity contribution in [3.8, 4) is 28.4 Å². The molecule has 1 aliphatic rings. The number of nitrogens with zero attached hydrogens (tertiary/aromatic N) is 1. The predicted molar refractivity (Wildman–Crippen MR) is 122 cm³/mol. The highest BCUT2D eigenvalue weighted by atomic mass is 16.6. The van der Waals surface area contributed by atoms with Crippen LogP contribution in [0.2, 0.25) is 0 Å². The quantitative estimate of drug-likeness (QED) is 0.575. The van der Waals surface area contributed by atoms with Crippen molar-refractivity contribution in [3.63, 3.8) is 0 Å². The summed E-state index contributed by atoms with van der Waals surface area (Å²) in [4.78, 5) is 27.0. The number of ether oxygens (including phenoxy) is 3. The summed E-state index contributed by atoms with van der Waals surface area (Å²) in [5.74, 6) is 2.18. The van der Waals surface area contributed by atoms with Crippen molar-refractivity contribution >= 4 is 17.1 Å². The summed E-state index contributed by atoms with van der Waals surface area (Å²) in [6.45, 7) is 4.95. The Morgan fingerprint density at radius 2 is 1.84 bits per heavy atom. The molecule has 0 saturated heterocycles. The Labute approximate surface area is 186 Å². The van der Waals surface area contributed by atoms with Gasteiger partial charge in [-0.15, -0.1) is 0 Å². The van der Waals surface area contributed by atoms with Gasteiger partial charge in [-0.25, -0.2) is 4.79 Å². The Morgan fingerprint density at radius 3 is 2.56 bits per heavy atom. The molecule has 32 heavy (non-hydrogen) atoms. The van der Waals surface area contributed by atoms with E-state index in [4.69, 9.17) is 18.6 Å². The molecule has 0 aliphatic carbocycles. The van der Waals surface area contributed by atoms with Crippen LogP contribution in [0, 0.1) is 6.92 Å². The first-order chi connectivity index (χ1) is 15.4. The molecule has 0 radical (unpaired) electrons. The number of hydrogen-bond donors (Lipinski definition) is 0. The van der Waals surface area contributed by atoms with Crippen LogP contribution in [0.5, 0.6) is 17.2 Å². The Morgan fingerprint density at radius 1 is 1.09 bits per heavy atom. The number of hydrogen-bond acceptors (Lipinski definition) is 6. The molecule has 2 aromatic carbocycles. The second-order valence-corrected chi connectivity index (χ2v) is 8.04. The van der Waals surface area contributed by atoms with Crippen LogP contribution in [-0.4, -0.2) is 38.3 Å². The number of amides is 1. The lowest BCUT2D eigenvalue weighted by molar-refractivity contribution is 0.171. The first-order valence-corrected chi connectivity index (χ1v) is 10.8. The molecule has 0 saturated carbocycles. The summed E-state index contributed by atoms with van der Waals surface area (Å²) >= 11 is 0. The third-order valence-corrected chi connectivity index (χ3v) is 5.37. The summed E-state index contributed by atoms with van der Waals surface area (Å²) in [6.07, 6.45) is 1.83. The van der Waals surface area contributed by atoms with Gasteiger partial charge in [0.2, 0.25) is 5.43 Å². The maximum absolute atomic E-state index is 13.5. The van der Waals surface area contributed by atoms with Crippen LogP contribution < -0.4 is 19.6 Å². The SMILES string of the molecule is CCCc1cc2c(=O)c(-c3ccc4c(c3)OCCCO4)c(C)oc2cc1OC(=O)N(C)C. The van der Waals surface area contributed by atoms with Gasteiger partial charge < -0.3 is 23.5 Å². The molecule has 2 heterocycles. The summed E-state index contributed by atoms with van der Waals surface area (Å²) in [5.41, 5.74) is 2.22. The minimum atomic E-state index is -0.482. The Balaban J connectivity index is 1.85. The molecular formula is C25H27NO6. The van der Waals surface area contributed by atoms with Crippen molar-refractivity contribution in [3.05, 3.63) is 51.9 Å². The van der Waals surface area contributed by atoms with E-state index >= 15 is 0 Å². The maximum Gasteiger partial charge on any atom is 0.414 e. The van der Waals surface area contributed by atoms with Crippen LogP contribution >= 0.6 is 0 Å². The number of rotatable bonds is 4. The van der Waals surface area contributed by atoms with Gasteiger partial charge in [-0.05, 0) is 42.7 Å². The fourth-order valence-electron chi connectivity index (χ4n) is 3.78. The molecule has 4 rings (SSSR count). The minimum Gasteiger partial charge on any atom is -0.490 e. The van der Waals surface area contributed by atoms with E-state index in [1.165, 1.54) is 4.90 Å². The fourth-order valence-corrected chi connectivity index (χ4v) is 3.78. The first-order valence-electron chi connectivity index (χ1n) is 10.8. The van der Waals surface area contributed by atoms with Gasteiger partial charge in [-0.2, -0.15) is 0 Å². The van der Waals surface area contributed by atoms with Gasteiger partial charge in [0.25, 0.3) is 0 Å². The van der Waals surface area contributed by atoms with Crippen molar-refractivity contribution in [2.45, 2.75) is 33.1 Å². The molecular weight excluding hydrogens is 410 g/mol. The molecule has 1 amide bonds. The smallest absolute Gasteiger partial charge is 0.414 e. The highest BCUT2D eigenvalue weighted by molar-refractivity contribution is 5.86. The molecule has 0 spiro atoms. The van der Waals surface area contributed by atoms with Crippen LogP contribution in [0.15, 0.2) is 39.5 Å². The molecule has 1 aromatic heterocycles. The zero-order chi connectivity index (χ0) is 22.8. The topological polar surface area (TPSA) is 78.2 Å². The lowest BCUT2D eigenvalue weighted by Crippen LogP contribution is -2.25. The number of benzene rings is 2. The van der Waals surface area contributed by atoms with Crippen molar-refractivity contribution in [1.29, 1.82) is 0 Å². The van der Waals surface area contributed by atoms with E-state index in [1.807, 2.05) is 25.1 Å². The van der Waals surface area contributed by atoms with Crippen molar-refractivity contribution in [1.82, 2.24) is 4.90 Å². The van der Waals surface area contributed by atoms with E-state index in [1.54, 1.807) is 33.2 Å². The standard InChI is InChI=1S/C25H27NO6/c1-5-7-16-12-18-21(14-20(16)32-25(28)26(3)4)31-15(2)23(24(18)27)17-8-9-19-22(13-17)30-11-6-10-29-19/h8-9,12-14H,5-7,10-11H2,1-4H3. The second kappa shape index (κ2) is 8.94. The van der Waals surface area contributed by atoms with E-state index in [9.17, 15) is 9.59 Å². The van der Waals surface area contributed by atoms with Gasteiger partial charge in [0, 0.05) is 26.6 Å². The Kier molecular flexibility index (Phi) is 6.08. The highest BCUT2D eigenvalue weighted by Gasteiger charge is 2.20. The third-order valence-electron chi connectivity index (χ3n) is 5.37. The Hall–Kier alpha value is -3.48. The molecule has 0 unspecified atom stereocenters. The van der Waals surface area contributed by atoms with Gasteiger partial charge in [0.1, 0.15) is 17.1 Å². The van der Waals surface area contributed by atoms with Crippen LogP contribution in [0.1, 0.15) is 31.1 Å². The van der Waals surface area contributed by atoms with Crippen molar-refractivity contribution in [2.75, 3.05) is 27.3 Å². The van der Waals surface area contributed by atoms with Gasteiger partial charge in [0.05, 0.1) is 24.2 Å². The number of aryl methyl sites for hydroxylation is 2. The number of carbonyl (C=O) groups excluding carboxylic acids is 1. The van der Waals surface area contributed by atoms with Crippen LogP contribution in [0.4, 0.5) is 4.79 Å². The van der Waals surface area contributed by atoms with Crippen LogP contribution in [-0.2, 0) is 6.42 Å². The van der Waals surface area contributed by atoms with Gasteiger partial charge in [0.15, 0.2) is 11.5 Å². The predicted octanol–water partition coefficient (Wildman–Crippen LogP) is 4.94. The zero-order valence-electron chi connectivity index (χ0n) is 18.8. The van der Waals surface area contributed by atoms with Crippen LogP contribution in [0.3, 0.4) is 0 Å². The summed E-state index contributed by atoms with van der Waals surface area (Å²) in [6, 6.07) is 8.90. The molecule has 168 valence electrons. The van der Waals surface area contributed by atoms with E-state index < -0.39 is 6.09 Å². The summed E-state index contributed by atoms with van der Waals surface area (Å²) < 4.78 is 23.1. The average molecular weight is 437 g/mol. The highest BCUT2D eigenvalue weighted by Crippen LogP contribution is 2.36. The zero-order valence-corrected chi connectivity index (χ0v) is 18.8. The largest absolute Gasteiger partial charge is 0.490 e. The fraction of sp³-hybridized carbons (Fsp3) is 0.360. The van der Waals surface area contributed by atoms with E-state index in [2.05, 4.69) is 0 Å². The normalized spacial score (nSPS) is 13.0. The number of fused-ring (bicyclic) bond motifs is 2. The molecule has 3 aromatic rings. The minimum absolute atomic E-state index is 0.138. The lowest BCUT2D eigenvalue weighted by atomic mass is 10.00. The molecule has 7 nitrogen and oxygen atoms in total. The van der Waals surface area contributed by atoms with Gasteiger partial charge in [-0.3, -0.25) is 4.79 Å². The second-order valence-electron chi connectivity index (χ2n) is 8.04. The van der Waals surface area contributed by atoms with Crippen molar-refractivity contribution < 1.29 is 23.4 Å². The molecule has 1 aliphatic heterocycles. The van der Waals surface area contributed by atoms with Gasteiger partial charge in [-0.1, -0.05) is 19.4 Å². The monoisotopic (exact) mass is 437 g/mol. The van der Waals surface area contributed by atoms with Crippen LogP contribution in [0.25, 0.3) is 22.1 Å². The maximum atomic E-state index is 13.5. The molecule has 0 atom stereocenters. The summed E-state index contributed by atoms with van der Waals surface area (Å²) in [7, 11) is 3.24. The van der Waals surface area contributed by atoms with Crippen molar-refractivity contribution in [2.24, 2.45) is 0 Å². The summed E-state index contributed by atoms with van der Waals surface area (Å²) in [5, 5.41) is 0.450. The molecule has 0 N–H and O–H groups in total. The van der Waals surface area contributed by atoms with E-state index in [-0.39, 0.29) is 5.43 Å². The van der Waals surface area contributed by atoms with Gasteiger partial charge >= 0.3 is 6.09 Å². The Bertz CT molecular complexity index is 1230. The van der Waals surface area contributed by atoms with E-state index in [0.29, 0.717) is 64.7 Å². The first kappa shape index (κ1) is 21.7. The van der Waals surface area contributed by atoms with E-state index in [0.717, 1.165) is 18.4 Å². The third kappa shape index (κ3) is 4.15. The molecule has 0 bridgehead atoms. The molecule has 7 heteroatoms. The average Bonchev–Trinajstić information content (AvgIpc) is 3.00. The molecule has 0 fully saturated rings. The number of carbonyl (C=O) groups is 1. The lowest BCUT2D eigenvalue weighted by Gasteiger charge is -2.15.